The summed E-state index contributed by atoms with van der Waals surface area (Å²) < 4.78 is 56.7. The van der Waals surface area contributed by atoms with Crippen molar-refractivity contribution in [3.63, 3.8) is 0 Å². The highest BCUT2D eigenvalue weighted by atomic mass is 19.4. The number of hydrogen-bond acceptors (Lipinski definition) is 0. The first-order chi connectivity index (χ1) is 13.3. The molecule has 1 nitrogen and oxygen atoms in total. The van der Waals surface area contributed by atoms with Crippen LogP contribution in [0.25, 0.3) is 22.2 Å². The number of aromatic nitrogens is 1. The lowest BCUT2D eigenvalue weighted by atomic mass is 9.83. The molecule has 0 saturated heterocycles. The summed E-state index contributed by atoms with van der Waals surface area (Å²) in [5, 5.41) is 0.636. The van der Waals surface area contributed by atoms with E-state index in [1.807, 2.05) is 44.5 Å². The lowest BCUT2D eigenvalue weighted by Crippen LogP contribution is -2.36. The average molecular weight is 404 g/mol. The molecule has 1 heterocycles. The Kier molecular flexibility index (Phi) is 5.22. The van der Waals surface area contributed by atoms with Gasteiger partial charge in [0.05, 0.1) is 5.41 Å². The van der Waals surface area contributed by atoms with E-state index in [4.69, 9.17) is 0 Å². The van der Waals surface area contributed by atoms with Crippen LogP contribution in [0.1, 0.15) is 36.1 Å². The summed E-state index contributed by atoms with van der Waals surface area (Å²) in [4.78, 5) is 0. The van der Waals surface area contributed by atoms with Gasteiger partial charge in [-0.3, -0.25) is 0 Å². The molecule has 0 amide bonds. The van der Waals surface area contributed by atoms with Crippen molar-refractivity contribution < 1.29 is 22.1 Å². The molecule has 3 rings (SSSR count). The van der Waals surface area contributed by atoms with Gasteiger partial charge < -0.3 is 0 Å². The van der Waals surface area contributed by atoms with Gasteiger partial charge in [0.1, 0.15) is 12.9 Å². The number of aryl methyl sites for hydroxylation is 3. The predicted octanol–water partition coefficient (Wildman–Crippen LogP) is 6.53. The maximum absolute atomic E-state index is 14.0. The van der Waals surface area contributed by atoms with E-state index in [0.717, 1.165) is 27.9 Å². The number of benzene rings is 2. The Hall–Kier alpha value is -2.43. The topological polar surface area (TPSA) is 3.88 Å². The van der Waals surface area contributed by atoms with Crippen molar-refractivity contribution >= 4 is 10.9 Å². The van der Waals surface area contributed by atoms with Crippen LogP contribution >= 0.6 is 0 Å². The molecule has 1 aromatic heterocycles. The van der Waals surface area contributed by atoms with Crippen molar-refractivity contribution in [3.8, 4) is 11.3 Å². The van der Waals surface area contributed by atoms with Gasteiger partial charge in [-0.15, -0.1) is 0 Å². The molecule has 2 aromatic carbocycles. The minimum absolute atomic E-state index is 0.184. The summed E-state index contributed by atoms with van der Waals surface area (Å²) in [6.45, 7) is 8.41. The van der Waals surface area contributed by atoms with Crippen LogP contribution in [0.5, 0.6) is 0 Å². The highest BCUT2D eigenvalue weighted by molar-refractivity contribution is 5.82. The normalized spacial score (nSPS) is 12.6. The predicted molar refractivity (Wildman–Crippen MR) is 108 cm³/mol. The summed E-state index contributed by atoms with van der Waals surface area (Å²) in [7, 11) is 1.83. The Balaban J connectivity index is 2.35. The molecule has 0 aliphatic rings. The first-order valence-corrected chi connectivity index (χ1v) is 9.58. The Labute approximate surface area is 169 Å². The Bertz CT molecular complexity index is 1090. The number of alkyl halides is 3. The molecule has 0 fully saturated rings. The smallest absolute Gasteiger partial charge is 0.207 e. The van der Waals surface area contributed by atoms with Gasteiger partial charge in [-0.1, -0.05) is 25.5 Å². The van der Waals surface area contributed by atoms with Gasteiger partial charge >= 0.3 is 6.18 Å². The molecular formula is C24H26F4N+. The van der Waals surface area contributed by atoms with Gasteiger partial charge in [0.25, 0.3) is 0 Å². The van der Waals surface area contributed by atoms with E-state index in [9.17, 15) is 17.6 Å². The van der Waals surface area contributed by atoms with E-state index in [2.05, 4.69) is 6.07 Å². The zero-order valence-corrected chi connectivity index (χ0v) is 17.6. The van der Waals surface area contributed by atoms with E-state index < -0.39 is 17.4 Å². The maximum atomic E-state index is 14.0. The lowest BCUT2D eigenvalue weighted by Gasteiger charge is -2.28. The Morgan fingerprint density at radius 3 is 2.21 bits per heavy atom. The SMILES string of the molecule is Cc1cc(C)c(C)c(-c2cc(CC(C)(C)C(F)(F)F)c3ccc(F)cc3[n+]2C)c1. The maximum Gasteiger partial charge on any atom is 0.394 e. The minimum Gasteiger partial charge on any atom is -0.207 e. The van der Waals surface area contributed by atoms with Crippen LogP contribution < -0.4 is 4.57 Å². The molecule has 0 radical (unpaired) electrons. The van der Waals surface area contributed by atoms with Crippen LogP contribution in [0.2, 0.25) is 0 Å². The second kappa shape index (κ2) is 7.12. The van der Waals surface area contributed by atoms with E-state index >= 15 is 0 Å². The summed E-state index contributed by atoms with van der Waals surface area (Å²) in [6.07, 6.45) is -4.52. The van der Waals surface area contributed by atoms with Crippen LogP contribution in [0.15, 0.2) is 36.4 Å². The minimum atomic E-state index is -4.34. The Morgan fingerprint density at radius 1 is 0.931 bits per heavy atom. The van der Waals surface area contributed by atoms with Crippen molar-refractivity contribution in [2.24, 2.45) is 12.5 Å². The molecule has 0 aliphatic heterocycles. The highest BCUT2D eigenvalue weighted by Gasteiger charge is 2.47. The van der Waals surface area contributed by atoms with Gasteiger partial charge in [0, 0.05) is 23.1 Å². The number of fused-ring (bicyclic) bond motifs is 1. The van der Waals surface area contributed by atoms with E-state index in [0.29, 0.717) is 16.5 Å². The monoisotopic (exact) mass is 404 g/mol. The van der Waals surface area contributed by atoms with Crippen molar-refractivity contribution in [1.29, 1.82) is 0 Å². The zero-order valence-electron chi connectivity index (χ0n) is 17.6. The van der Waals surface area contributed by atoms with Crippen molar-refractivity contribution in [1.82, 2.24) is 0 Å². The van der Waals surface area contributed by atoms with Gasteiger partial charge in [-0.25, -0.2) is 4.39 Å². The van der Waals surface area contributed by atoms with E-state index in [-0.39, 0.29) is 6.42 Å². The van der Waals surface area contributed by atoms with Crippen LogP contribution in [-0.2, 0) is 13.5 Å². The van der Waals surface area contributed by atoms with Crippen LogP contribution in [0.3, 0.4) is 0 Å². The molecule has 0 saturated carbocycles. The fraction of sp³-hybridized carbons (Fsp3) is 0.375. The second-order valence-corrected chi connectivity index (χ2v) is 8.59. The molecule has 0 unspecified atom stereocenters. The fourth-order valence-corrected chi connectivity index (χ4v) is 3.81. The summed E-state index contributed by atoms with van der Waals surface area (Å²) >= 11 is 0. The average Bonchev–Trinajstić information content (AvgIpc) is 2.59. The number of hydrogen-bond donors (Lipinski definition) is 0. The van der Waals surface area contributed by atoms with E-state index in [1.54, 1.807) is 6.07 Å². The first kappa shape index (κ1) is 21.3. The van der Waals surface area contributed by atoms with E-state index in [1.165, 1.54) is 26.0 Å². The number of rotatable bonds is 3. The fourth-order valence-electron chi connectivity index (χ4n) is 3.81. The largest absolute Gasteiger partial charge is 0.394 e. The molecule has 154 valence electrons. The van der Waals surface area contributed by atoms with Crippen LogP contribution in [0, 0.1) is 32.0 Å². The molecule has 29 heavy (non-hydrogen) atoms. The highest BCUT2D eigenvalue weighted by Crippen LogP contribution is 2.41. The van der Waals surface area contributed by atoms with Gasteiger partial charge in [0.15, 0.2) is 0 Å². The molecule has 0 aliphatic carbocycles. The Morgan fingerprint density at radius 2 is 1.59 bits per heavy atom. The molecular weight excluding hydrogens is 378 g/mol. The van der Waals surface area contributed by atoms with Gasteiger partial charge in [-0.2, -0.15) is 17.7 Å². The summed E-state index contributed by atoms with van der Waals surface area (Å²) in [5.74, 6) is -0.413. The number of pyridine rings is 1. The number of halogens is 4. The van der Waals surface area contributed by atoms with Crippen LogP contribution in [-0.4, -0.2) is 6.18 Å². The third-order valence-corrected chi connectivity index (χ3v) is 5.83. The standard InChI is InChI=1S/C24H26F4N/c1-14-9-15(2)16(3)20(10-14)21-11-17(13-23(4,5)24(26,27)28)19-8-7-18(25)12-22(19)29(21)6/h7-12H,13H2,1-6H3/q+1. The third kappa shape index (κ3) is 3.87. The van der Waals surface area contributed by atoms with Gasteiger partial charge in [0.2, 0.25) is 11.2 Å². The number of nitrogens with zero attached hydrogens (tertiary/aromatic N) is 1. The summed E-state index contributed by atoms with van der Waals surface area (Å²) in [6, 6.07) is 10.2. The molecule has 5 heteroatoms. The van der Waals surface area contributed by atoms with Crippen molar-refractivity contribution in [3.05, 3.63) is 64.5 Å². The second-order valence-electron chi connectivity index (χ2n) is 8.59. The summed E-state index contributed by atoms with van der Waals surface area (Å²) in [5.41, 5.74) is 4.20. The lowest BCUT2D eigenvalue weighted by molar-refractivity contribution is -0.633. The molecule has 0 spiro atoms. The van der Waals surface area contributed by atoms with Crippen molar-refractivity contribution in [2.45, 2.75) is 47.2 Å². The molecule has 0 N–H and O–H groups in total. The molecule has 0 bridgehead atoms. The molecule has 0 atom stereocenters. The third-order valence-electron chi connectivity index (χ3n) is 5.83. The van der Waals surface area contributed by atoms with Gasteiger partial charge in [-0.05, 0) is 62.1 Å². The van der Waals surface area contributed by atoms with Crippen LogP contribution in [0.4, 0.5) is 17.6 Å². The quantitative estimate of drug-likeness (QED) is 0.345. The van der Waals surface area contributed by atoms with Crippen molar-refractivity contribution in [2.75, 3.05) is 0 Å². The first-order valence-electron chi connectivity index (χ1n) is 9.58. The molecule has 3 aromatic rings. The zero-order chi connectivity index (χ0) is 21.7.